The Labute approximate surface area is 111 Å². The van der Waals surface area contributed by atoms with Crippen LogP contribution in [-0.4, -0.2) is 41.9 Å². The maximum Gasteiger partial charge on any atom is 0.136 e. The quantitative estimate of drug-likeness (QED) is 0.766. The fourth-order valence-electron chi connectivity index (χ4n) is 3.05. The van der Waals surface area contributed by atoms with Crippen LogP contribution in [0.3, 0.4) is 0 Å². The van der Waals surface area contributed by atoms with Crippen molar-refractivity contribution in [1.29, 1.82) is 0 Å². The maximum atomic E-state index is 14.6. The number of nitrogens with zero attached hydrogens (tertiary/aromatic N) is 1. The topological polar surface area (TPSA) is 12.5 Å². The third-order valence-electron chi connectivity index (χ3n) is 4.30. The zero-order valence-corrected chi connectivity index (χ0v) is 12.2. The smallest absolute Gasteiger partial charge is 0.136 e. The van der Waals surface area contributed by atoms with Crippen LogP contribution in [0.25, 0.3) is 0 Å². The van der Waals surface area contributed by atoms with Gasteiger partial charge in [-0.1, -0.05) is 12.8 Å². The second-order valence-corrected chi connectivity index (χ2v) is 7.03. The molecule has 1 saturated carbocycles. The number of ether oxygens (including phenoxy) is 1. The molecule has 3 heteroatoms. The Balaban J connectivity index is 1.77. The molecule has 2 rings (SSSR count). The molecule has 0 amide bonds. The summed E-state index contributed by atoms with van der Waals surface area (Å²) in [7, 11) is 0. The second-order valence-electron chi connectivity index (χ2n) is 7.03. The molecule has 2 aliphatic rings. The Morgan fingerprint density at radius 3 is 2.22 bits per heavy atom. The van der Waals surface area contributed by atoms with Gasteiger partial charge in [-0.3, -0.25) is 0 Å². The van der Waals surface area contributed by atoms with Crippen LogP contribution in [-0.2, 0) is 4.74 Å². The zero-order valence-electron chi connectivity index (χ0n) is 12.2. The van der Waals surface area contributed by atoms with E-state index < -0.39 is 5.67 Å². The molecule has 0 spiro atoms. The van der Waals surface area contributed by atoms with Crippen molar-refractivity contribution >= 4 is 0 Å². The van der Waals surface area contributed by atoms with Gasteiger partial charge in [0.15, 0.2) is 0 Å². The molecule has 0 radical (unpaired) electrons. The first kappa shape index (κ1) is 14.3. The molecule has 106 valence electrons. The third-order valence-corrected chi connectivity index (χ3v) is 4.30. The highest BCUT2D eigenvalue weighted by molar-refractivity contribution is 4.90. The number of halogens is 1. The molecule has 0 bridgehead atoms. The zero-order chi connectivity index (χ0) is 13.2. The van der Waals surface area contributed by atoms with E-state index in [1.807, 2.05) is 20.8 Å². The first-order chi connectivity index (χ1) is 8.38. The van der Waals surface area contributed by atoms with Crippen LogP contribution >= 0.6 is 0 Å². The van der Waals surface area contributed by atoms with Gasteiger partial charge in [0.2, 0.25) is 0 Å². The molecule has 0 aromatic heterocycles. The lowest BCUT2D eigenvalue weighted by Crippen LogP contribution is -2.48. The minimum absolute atomic E-state index is 0.234. The largest absolute Gasteiger partial charge is 0.373 e. The Kier molecular flexibility index (Phi) is 4.32. The summed E-state index contributed by atoms with van der Waals surface area (Å²) in [6.07, 6.45) is 6.62. The van der Waals surface area contributed by atoms with E-state index in [4.69, 9.17) is 4.74 Å². The van der Waals surface area contributed by atoms with Crippen molar-refractivity contribution in [1.82, 2.24) is 4.90 Å². The molecule has 0 N–H and O–H groups in total. The summed E-state index contributed by atoms with van der Waals surface area (Å²) in [6.45, 7) is 8.05. The van der Waals surface area contributed by atoms with Crippen LogP contribution in [0.5, 0.6) is 0 Å². The number of likely N-dealkylation sites (tertiary alicyclic amines) is 1. The molecule has 1 saturated heterocycles. The van der Waals surface area contributed by atoms with Crippen LogP contribution in [0.2, 0.25) is 0 Å². The van der Waals surface area contributed by atoms with Crippen LogP contribution in [0, 0.1) is 0 Å². The molecule has 0 unspecified atom stereocenters. The van der Waals surface area contributed by atoms with Gasteiger partial charge in [0, 0.05) is 19.1 Å². The van der Waals surface area contributed by atoms with Gasteiger partial charge in [0.25, 0.3) is 0 Å². The molecule has 1 aliphatic heterocycles. The van der Waals surface area contributed by atoms with Gasteiger partial charge in [-0.15, -0.1) is 0 Å². The molecule has 2 nitrogen and oxygen atoms in total. The van der Waals surface area contributed by atoms with Gasteiger partial charge >= 0.3 is 0 Å². The Morgan fingerprint density at radius 1 is 1.17 bits per heavy atom. The van der Waals surface area contributed by atoms with E-state index in [2.05, 4.69) is 4.90 Å². The van der Waals surface area contributed by atoms with Gasteiger partial charge in [0.1, 0.15) is 5.67 Å². The van der Waals surface area contributed by atoms with Crippen LogP contribution in [0.4, 0.5) is 4.39 Å². The van der Waals surface area contributed by atoms with E-state index in [9.17, 15) is 4.39 Å². The Morgan fingerprint density at radius 2 is 1.72 bits per heavy atom. The van der Waals surface area contributed by atoms with Crippen molar-refractivity contribution < 1.29 is 9.13 Å². The highest BCUT2D eigenvalue weighted by atomic mass is 19.1. The normalized spacial score (nSPS) is 26.7. The molecule has 2 fully saturated rings. The van der Waals surface area contributed by atoms with Gasteiger partial charge in [-0.2, -0.15) is 0 Å². The summed E-state index contributed by atoms with van der Waals surface area (Å²) in [6, 6.07) is 0.734. The van der Waals surface area contributed by atoms with Crippen molar-refractivity contribution in [3.63, 3.8) is 0 Å². The molecule has 1 heterocycles. The van der Waals surface area contributed by atoms with Crippen molar-refractivity contribution in [2.45, 2.75) is 76.6 Å². The molecule has 18 heavy (non-hydrogen) atoms. The van der Waals surface area contributed by atoms with Crippen molar-refractivity contribution in [2.75, 3.05) is 19.7 Å². The molecular formula is C15H28FNO. The number of hydrogen-bond donors (Lipinski definition) is 0. The van der Waals surface area contributed by atoms with Crippen molar-refractivity contribution in [2.24, 2.45) is 0 Å². The fraction of sp³-hybridized carbons (Fsp3) is 1.00. The number of hydrogen-bond acceptors (Lipinski definition) is 2. The lowest BCUT2D eigenvalue weighted by Gasteiger charge is -2.40. The molecule has 1 aliphatic carbocycles. The average Bonchev–Trinajstić information content (AvgIpc) is 2.80. The van der Waals surface area contributed by atoms with E-state index in [1.165, 1.54) is 25.7 Å². The lowest BCUT2D eigenvalue weighted by atomic mass is 9.92. The summed E-state index contributed by atoms with van der Waals surface area (Å²) in [5.74, 6) is 0. The predicted molar refractivity (Wildman–Crippen MR) is 72.6 cm³/mol. The van der Waals surface area contributed by atoms with E-state index >= 15 is 0 Å². The summed E-state index contributed by atoms with van der Waals surface area (Å²) in [4.78, 5) is 2.50. The molecule has 0 aromatic rings. The summed E-state index contributed by atoms with van der Waals surface area (Å²) in [5, 5.41) is 0. The molecule has 0 atom stereocenters. The highest BCUT2D eigenvalue weighted by Crippen LogP contribution is 2.32. The maximum absolute atomic E-state index is 14.6. The van der Waals surface area contributed by atoms with E-state index in [1.54, 1.807) is 0 Å². The highest BCUT2D eigenvalue weighted by Gasteiger charge is 2.38. The SMILES string of the molecule is CC(C)(C)OCC1(F)CCN(C2CCCC2)CC1. The Bertz CT molecular complexity index is 260. The van der Waals surface area contributed by atoms with Gasteiger partial charge in [-0.25, -0.2) is 4.39 Å². The first-order valence-electron chi connectivity index (χ1n) is 7.45. The molecular weight excluding hydrogens is 229 g/mol. The van der Waals surface area contributed by atoms with Gasteiger partial charge in [0.05, 0.1) is 12.2 Å². The molecule has 0 aromatic carbocycles. The third kappa shape index (κ3) is 3.92. The predicted octanol–water partition coefficient (Wildman–Crippen LogP) is 3.55. The van der Waals surface area contributed by atoms with E-state index in [-0.39, 0.29) is 12.2 Å². The number of alkyl halides is 1. The number of piperidine rings is 1. The second kappa shape index (κ2) is 5.46. The van der Waals surface area contributed by atoms with Gasteiger partial charge in [-0.05, 0) is 46.5 Å². The fourth-order valence-corrected chi connectivity index (χ4v) is 3.05. The first-order valence-corrected chi connectivity index (χ1v) is 7.45. The van der Waals surface area contributed by atoms with Crippen LogP contribution in [0.1, 0.15) is 59.3 Å². The lowest BCUT2D eigenvalue weighted by molar-refractivity contribution is -0.0860. The Hall–Kier alpha value is -0.150. The van der Waals surface area contributed by atoms with E-state index in [0.29, 0.717) is 12.8 Å². The number of rotatable bonds is 3. The summed E-state index contributed by atoms with van der Waals surface area (Å²) in [5.41, 5.74) is -1.33. The summed E-state index contributed by atoms with van der Waals surface area (Å²) >= 11 is 0. The summed E-state index contributed by atoms with van der Waals surface area (Å²) < 4.78 is 20.3. The van der Waals surface area contributed by atoms with Crippen LogP contribution in [0.15, 0.2) is 0 Å². The van der Waals surface area contributed by atoms with Gasteiger partial charge < -0.3 is 9.64 Å². The standard InChI is InChI=1S/C15H28FNO/c1-14(2,3)18-12-15(16)8-10-17(11-9-15)13-6-4-5-7-13/h13H,4-12H2,1-3H3. The minimum atomic E-state index is -1.09. The monoisotopic (exact) mass is 257 g/mol. The van der Waals surface area contributed by atoms with Crippen molar-refractivity contribution in [3.05, 3.63) is 0 Å². The van der Waals surface area contributed by atoms with Crippen molar-refractivity contribution in [3.8, 4) is 0 Å². The average molecular weight is 257 g/mol. The minimum Gasteiger partial charge on any atom is -0.373 e. The van der Waals surface area contributed by atoms with Crippen LogP contribution < -0.4 is 0 Å². The van der Waals surface area contributed by atoms with E-state index in [0.717, 1.165) is 19.1 Å².